The molecular formula is C21H22N2O4. The fourth-order valence-electron chi connectivity index (χ4n) is 3.16. The molecule has 6 heteroatoms. The molecule has 0 radical (unpaired) electrons. The Morgan fingerprint density at radius 2 is 1.89 bits per heavy atom. The van der Waals surface area contributed by atoms with E-state index < -0.39 is 6.10 Å². The van der Waals surface area contributed by atoms with Crippen molar-refractivity contribution in [3.63, 3.8) is 0 Å². The number of nitrogens with zero attached hydrogens (tertiary/aromatic N) is 1. The molecule has 2 aromatic rings. The molecular weight excluding hydrogens is 344 g/mol. The zero-order valence-electron chi connectivity index (χ0n) is 15.2. The number of carbonyl (C=O) groups is 1. The maximum atomic E-state index is 12.6. The van der Waals surface area contributed by atoms with Gasteiger partial charge in [0.05, 0.1) is 25.0 Å². The van der Waals surface area contributed by atoms with E-state index in [1.165, 1.54) is 0 Å². The molecule has 4 rings (SSSR count). The highest BCUT2D eigenvalue weighted by Gasteiger charge is 2.30. The lowest BCUT2D eigenvalue weighted by Crippen LogP contribution is -2.36. The summed E-state index contributed by atoms with van der Waals surface area (Å²) in [5.74, 6) is 1.29. The Balaban J connectivity index is 1.38. The lowest BCUT2D eigenvalue weighted by molar-refractivity contribution is -0.131. The summed E-state index contributed by atoms with van der Waals surface area (Å²) >= 11 is 0. The van der Waals surface area contributed by atoms with E-state index in [1.807, 2.05) is 55.5 Å². The van der Waals surface area contributed by atoms with Crippen LogP contribution in [0.3, 0.4) is 0 Å². The summed E-state index contributed by atoms with van der Waals surface area (Å²) in [6.07, 6.45) is 0.714. The van der Waals surface area contributed by atoms with Crippen LogP contribution in [0.4, 0.5) is 0 Å². The highest BCUT2D eigenvalue weighted by Crippen LogP contribution is 2.32. The summed E-state index contributed by atoms with van der Waals surface area (Å²) in [4.78, 5) is 17.9. The van der Waals surface area contributed by atoms with E-state index in [4.69, 9.17) is 14.3 Å². The van der Waals surface area contributed by atoms with E-state index in [9.17, 15) is 4.79 Å². The van der Waals surface area contributed by atoms with Crippen LogP contribution in [0.5, 0.6) is 11.5 Å². The van der Waals surface area contributed by atoms with Crippen molar-refractivity contribution >= 4 is 11.6 Å². The van der Waals surface area contributed by atoms with E-state index in [0.29, 0.717) is 19.6 Å². The maximum absolute atomic E-state index is 12.6. The predicted molar refractivity (Wildman–Crippen MR) is 101 cm³/mol. The Morgan fingerprint density at radius 3 is 2.70 bits per heavy atom. The number of hydrogen-bond acceptors (Lipinski definition) is 5. The Kier molecular flexibility index (Phi) is 4.96. The van der Waals surface area contributed by atoms with Crippen LogP contribution in [0.1, 0.15) is 36.9 Å². The Hall–Kier alpha value is -3.02. The second-order valence-corrected chi connectivity index (χ2v) is 6.69. The Morgan fingerprint density at radius 1 is 1.11 bits per heavy atom. The van der Waals surface area contributed by atoms with Crippen molar-refractivity contribution in [3.8, 4) is 11.5 Å². The number of amides is 1. The van der Waals surface area contributed by atoms with Crippen molar-refractivity contribution in [2.45, 2.75) is 31.9 Å². The Bertz CT molecular complexity index is 851. The number of oxime groups is 1. The van der Waals surface area contributed by atoms with Gasteiger partial charge in [-0.15, -0.1) is 0 Å². The van der Waals surface area contributed by atoms with E-state index in [2.05, 4.69) is 10.5 Å². The summed E-state index contributed by atoms with van der Waals surface area (Å²) in [6.45, 7) is 3.22. The van der Waals surface area contributed by atoms with Crippen molar-refractivity contribution in [2.24, 2.45) is 5.16 Å². The number of ether oxygens (including phenoxy) is 2. The first-order chi connectivity index (χ1) is 13.2. The highest BCUT2D eigenvalue weighted by atomic mass is 16.6. The molecule has 2 unspecified atom stereocenters. The molecule has 0 saturated heterocycles. The van der Waals surface area contributed by atoms with Crippen molar-refractivity contribution in [1.29, 1.82) is 0 Å². The number of carbonyl (C=O) groups excluding carboxylic acids is 1. The molecule has 27 heavy (non-hydrogen) atoms. The molecule has 2 heterocycles. The van der Waals surface area contributed by atoms with Gasteiger partial charge in [0.25, 0.3) is 5.91 Å². The van der Waals surface area contributed by atoms with Crippen LogP contribution >= 0.6 is 0 Å². The number of fused-ring (bicyclic) bond motifs is 1. The second-order valence-electron chi connectivity index (χ2n) is 6.69. The van der Waals surface area contributed by atoms with Gasteiger partial charge in [0.15, 0.2) is 11.5 Å². The van der Waals surface area contributed by atoms with Crippen LogP contribution in [0.25, 0.3) is 0 Å². The van der Waals surface area contributed by atoms with Gasteiger partial charge in [-0.1, -0.05) is 41.6 Å². The molecule has 2 aromatic carbocycles. The SMILES string of the molecule is CC(NC(=O)C1CC(c2ccccc2)=NO1)c1ccc2c(c1)OCCCO2. The molecule has 6 nitrogen and oxygen atoms in total. The van der Waals surface area contributed by atoms with Crippen LogP contribution in [0.2, 0.25) is 0 Å². The third-order valence-corrected chi connectivity index (χ3v) is 4.70. The Labute approximate surface area is 158 Å². The average molecular weight is 366 g/mol. The van der Waals surface area contributed by atoms with Gasteiger partial charge in [0, 0.05) is 12.8 Å². The van der Waals surface area contributed by atoms with Gasteiger partial charge in [-0.25, -0.2) is 0 Å². The molecule has 0 aliphatic carbocycles. The van der Waals surface area contributed by atoms with Crippen LogP contribution in [-0.4, -0.2) is 30.9 Å². The number of benzene rings is 2. The third-order valence-electron chi connectivity index (χ3n) is 4.70. The summed E-state index contributed by atoms with van der Waals surface area (Å²) in [6, 6.07) is 15.3. The zero-order valence-corrected chi connectivity index (χ0v) is 15.2. The molecule has 0 saturated carbocycles. The molecule has 2 aliphatic rings. The fraction of sp³-hybridized carbons (Fsp3) is 0.333. The van der Waals surface area contributed by atoms with Gasteiger partial charge < -0.3 is 19.6 Å². The van der Waals surface area contributed by atoms with E-state index >= 15 is 0 Å². The van der Waals surface area contributed by atoms with Gasteiger partial charge in [-0.2, -0.15) is 0 Å². The zero-order chi connectivity index (χ0) is 18.6. The van der Waals surface area contributed by atoms with Gasteiger partial charge in [-0.3, -0.25) is 4.79 Å². The molecule has 2 atom stereocenters. The second kappa shape index (κ2) is 7.70. The first kappa shape index (κ1) is 17.4. The fourth-order valence-corrected chi connectivity index (χ4v) is 3.16. The first-order valence-corrected chi connectivity index (χ1v) is 9.19. The van der Waals surface area contributed by atoms with Crippen LogP contribution in [0.15, 0.2) is 53.7 Å². The normalized spacial score (nSPS) is 19.4. The van der Waals surface area contributed by atoms with Gasteiger partial charge in [-0.05, 0) is 30.2 Å². The first-order valence-electron chi connectivity index (χ1n) is 9.19. The molecule has 0 aromatic heterocycles. The molecule has 0 bridgehead atoms. The van der Waals surface area contributed by atoms with E-state index in [1.54, 1.807) is 0 Å². The topological polar surface area (TPSA) is 69.2 Å². The lowest BCUT2D eigenvalue weighted by atomic mass is 10.0. The van der Waals surface area contributed by atoms with E-state index in [0.717, 1.165) is 34.8 Å². The predicted octanol–water partition coefficient (Wildman–Crippen LogP) is 3.22. The number of nitrogens with one attached hydrogen (secondary N) is 1. The summed E-state index contributed by atoms with van der Waals surface area (Å²) in [5, 5.41) is 7.07. The smallest absolute Gasteiger partial charge is 0.264 e. The van der Waals surface area contributed by atoms with Crippen LogP contribution in [-0.2, 0) is 9.63 Å². The molecule has 0 spiro atoms. The van der Waals surface area contributed by atoms with Gasteiger partial charge in [0.2, 0.25) is 6.10 Å². The minimum absolute atomic E-state index is 0.177. The van der Waals surface area contributed by atoms with E-state index in [-0.39, 0.29) is 11.9 Å². The van der Waals surface area contributed by atoms with Crippen LogP contribution in [0, 0.1) is 0 Å². The minimum atomic E-state index is -0.608. The summed E-state index contributed by atoms with van der Waals surface area (Å²) in [7, 11) is 0. The highest BCUT2D eigenvalue weighted by molar-refractivity contribution is 6.04. The molecule has 1 N–H and O–H groups in total. The quantitative estimate of drug-likeness (QED) is 0.902. The molecule has 0 fully saturated rings. The molecule has 140 valence electrons. The average Bonchev–Trinajstić information content (AvgIpc) is 3.08. The van der Waals surface area contributed by atoms with Crippen molar-refractivity contribution in [2.75, 3.05) is 13.2 Å². The van der Waals surface area contributed by atoms with Gasteiger partial charge in [0.1, 0.15) is 0 Å². The minimum Gasteiger partial charge on any atom is -0.490 e. The standard InChI is InChI=1S/C21H22N2O4/c1-14(16-8-9-18-19(12-16)26-11-5-10-25-18)22-21(24)20-13-17(23-27-20)15-6-3-2-4-7-15/h2-4,6-9,12,14,20H,5,10-11,13H2,1H3,(H,22,24). The lowest BCUT2D eigenvalue weighted by Gasteiger charge is -2.18. The van der Waals surface area contributed by atoms with Crippen molar-refractivity contribution < 1.29 is 19.1 Å². The van der Waals surface area contributed by atoms with Crippen LogP contribution < -0.4 is 14.8 Å². The number of hydrogen-bond donors (Lipinski definition) is 1. The largest absolute Gasteiger partial charge is 0.490 e. The summed E-state index contributed by atoms with van der Waals surface area (Å²) < 4.78 is 11.4. The monoisotopic (exact) mass is 366 g/mol. The van der Waals surface area contributed by atoms with Crippen molar-refractivity contribution in [3.05, 3.63) is 59.7 Å². The van der Waals surface area contributed by atoms with Gasteiger partial charge >= 0.3 is 0 Å². The number of rotatable bonds is 4. The summed E-state index contributed by atoms with van der Waals surface area (Å²) in [5.41, 5.74) is 2.72. The van der Waals surface area contributed by atoms with Crippen molar-refractivity contribution in [1.82, 2.24) is 5.32 Å². The molecule has 2 aliphatic heterocycles. The molecule has 1 amide bonds. The third kappa shape index (κ3) is 3.89. The maximum Gasteiger partial charge on any atom is 0.264 e.